The van der Waals surface area contributed by atoms with E-state index in [1.165, 1.54) is 25.7 Å². The van der Waals surface area contributed by atoms with Gasteiger partial charge in [0.15, 0.2) is 0 Å². The van der Waals surface area contributed by atoms with Crippen molar-refractivity contribution in [3.63, 3.8) is 0 Å². The lowest BCUT2D eigenvalue weighted by Gasteiger charge is -2.19. The molecule has 1 rings (SSSR count). The quantitative estimate of drug-likeness (QED) is 0.543. The molecule has 0 bridgehead atoms. The lowest BCUT2D eigenvalue weighted by Crippen LogP contribution is -2.31. The average molecular weight is 169 g/mol. The Morgan fingerprint density at radius 1 is 1.25 bits per heavy atom. The molecule has 1 aliphatic rings. The van der Waals surface area contributed by atoms with Crippen molar-refractivity contribution >= 4 is 5.91 Å². The van der Waals surface area contributed by atoms with Gasteiger partial charge in [0.1, 0.15) is 0 Å². The number of nitrogens with zero attached hydrogens (tertiary/aromatic N) is 1. The first kappa shape index (κ1) is 9.56. The molecule has 70 valence electrons. The molecule has 2 heteroatoms. The summed E-state index contributed by atoms with van der Waals surface area (Å²) in [6.45, 7) is 2.99. The van der Waals surface area contributed by atoms with Crippen LogP contribution in [0.15, 0.2) is 0 Å². The van der Waals surface area contributed by atoms with E-state index in [9.17, 15) is 4.79 Å². The molecule has 0 N–H and O–H groups in total. The first-order valence-corrected chi connectivity index (χ1v) is 4.97. The third-order valence-electron chi connectivity index (χ3n) is 2.68. The van der Waals surface area contributed by atoms with E-state index in [2.05, 4.69) is 0 Å². The van der Waals surface area contributed by atoms with Crippen LogP contribution in [0.2, 0.25) is 0 Å². The molecule has 0 saturated carbocycles. The Kier molecular flexibility index (Phi) is 3.57. The fourth-order valence-electron chi connectivity index (χ4n) is 1.76. The molecule has 1 unspecified atom stereocenters. The van der Waals surface area contributed by atoms with Crippen LogP contribution in [0.1, 0.15) is 39.0 Å². The maximum atomic E-state index is 11.6. The summed E-state index contributed by atoms with van der Waals surface area (Å²) in [7, 11) is 1.92. The Morgan fingerprint density at radius 2 is 1.92 bits per heavy atom. The third kappa shape index (κ3) is 2.50. The summed E-state index contributed by atoms with van der Waals surface area (Å²) in [6, 6.07) is 0. The number of amides is 1. The lowest BCUT2D eigenvalue weighted by atomic mass is 10.0. The Labute approximate surface area is 74.9 Å². The van der Waals surface area contributed by atoms with Gasteiger partial charge in [-0.25, -0.2) is 0 Å². The van der Waals surface area contributed by atoms with E-state index in [4.69, 9.17) is 0 Å². The smallest absolute Gasteiger partial charge is 0.225 e. The maximum absolute atomic E-state index is 11.6. The van der Waals surface area contributed by atoms with Crippen LogP contribution in [0.4, 0.5) is 0 Å². The first-order valence-electron chi connectivity index (χ1n) is 4.97. The Balaban J connectivity index is 2.50. The zero-order valence-electron chi connectivity index (χ0n) is 8.18. The fourth-order valence-corrected chi connectivity index (χ4v) is 1.76. The molecule has 0 radical (unpaired) electrons. The van der Waals surface area contributed by atoms with Crippen molar-refractivity contribution in [1.82, 2.24) is 4.90 Å². The van der Waals surface area contributed by atoms with E-state index < -0.39 is 0 Å². The third-order valence-corrected chi connectivity index (χ3v) is 2.68. The first-order chi connectivity index (χ1) is 5.72. The van der Waals surface area contributed by atoms with Crippen molar-refractivity contribution < 1.29 is 4.79 Å². The summed E-state index contributed by atoms with van der Waals surface area (Å²) in [6.07, 6.45) is 6.05. The molecule has 0 aromatic heterocycles. The molecule has 0 aromatic carbocycles. The van der Waals surface area contributed by atoms with Gasteiger partial charge in [-0.2, -0.15) is 0 Å². The van der Waals surface area contributed by atoms with E-state index in [0.29, 0.717) is 5.91 Å². The SMILES string of the molecule is CC1CCCCCCN(C)C1=O. The van der Waals surface area contributed by atoms with Gasteiger partial charge in [0.2, 0.25) is 5.91 Å². The van der Waals surface area contributed by atoms with Gasteiger partial charge in [0.05, 0.1) is 0 Å². The van der Waals surface area contributed by atoms with Crippen LogP contribution in [0.3, 0.4) is 0 Å². The summed E-state index contributed by atoms with van der Waals surface area (Å²) >= 11 is 0. The molecule has 1 amide bonds. The molecular formula is C10H19NO. The van der Waals surface area contributed by atoms with Crippen LogP contribution in [0, 0.1) is 5.92 Å². The van der Waals surface area contributed by atoms with Gasteiger partial charge >= 0.3 is 0 Å². The van der Waals surface area contributed by atoms with Crippen LogP contribution in [-0.4, -0.2) is 24.4 Å². The van der Waals surface area contributed by atoms with E-state index >= 15 is 0 Å². The zero-order valence-corrected chi connectivity index (χ0v) is 8.18. The molecule has 1 heterocycles. The summed E-state index contributed by atoms with van der Waals surface area (Å²) < 4.78 is 0. The van der Waals surface area contributed by atoms with Crippen molar-refractivity contribution in [3.05, 3.63) is 0 Å². The van der Waals surface area contributed by atoms with Gasteiger partial charge in [-0.15, -0.1) is 0 Å². The topological polar surface area (TPSA) is 20.3 Å². The standard InChI is InChI=1S/C10H19NO/c1-9-7-5-3-4-6-8-11(2)10(9)12/h9H,3-8H2,1-2H3. The van der Waals surface area contributed by atoms with Gasteiger partial charge in [-0.3, -0.25) is 4.79 Å². The molecule has 0 aromatic rings. The minimum atomic E-state index is 0.244. The normalized spacial score (nSPS) is 27.7. The highest BCUT2D eigenvalue weighted by atomic mass is 16.2. The highest BCUT2D eigenvalue weighted by molar-refractivity contribution is 5.78. The summed E-state index contributed by atoms with van der Waals surface area (Å²) in [5.74, 6) is 0.574. The van der Waals surface area contributed by atoms with Crippen LogP contribution >= 0.6 is 0 Å². The minimum absolute atomic E-state index is 0.244. The highest BCUT2D eigenvalue weighted by Gasteiger charge is 2.17. The van der Waals surface area contributed by atoms with Crippen molar-refractivity contribution in [2.24, 2.45) is 5.92 Å². The summed E-state index contributed by atoms with van der Waals surface area (Å²) in [5.41, 5.74) is 0. The van der Waals surface area contributed by atoms with Crippen molar-refractivity contribution in [2.75, 3.05) is 13.6 Å². The molecule has 0 spiro atoms. The number of hydrogen-bond acceptors (Lipinski definition) is 1. The number of carbonyl (C=O) groups excluding carboxylic acids is 1. The molecule has 12 heavy (non-hydrogen) atoms. The van der Waals surface area contributed by atoms with Gasteiger partial charge in [0, 0.05) is 19.5 Å². The Bertz CT molecular complexity index is 140. The van der Waals surface area contributed by atoms with Crippen molar-refractivity contribution in [3.8, 4) is 0 Å². The van der Waals surface area contributed by atoms with Crippen LogP contribution in [-0.2, 0) is 4.79 Å². The monoisotopic (exact) mass is 169 g/mol. The Morgan fingerprint density at radius 3 is 2.67 bits per heavy atom. The zero-order chi connectivity index (χ0) is 8.97. The maximum Gasteiger partial charge on any atom is 0.225 e. The predicted molar refractivity (Wildman–Crippen MR) is 49.9 cm³/mol. The van der Waals surface area contributed by atoms with Crippen molar-refractivity contribution in [2.45, 2.75) is 39.0 Å². The van der Waals surface area contributed by atoms with E-state index in [-0.39, 0.29) is 5.92 Å². The molecule has 1 saturated heterocycles. The van der Waals surface area contributed by atoms with Crippen LogP contribution in [0.5, 0.6) is 0 Å². The van der Waals surface area contributed by atoms with E-state index in [1.54, 1.807) is 0 Å². The Hall–Kier alpha value is -0.530. The summed E-state index contributed by atoms with van der Waals surface area (Å²) in [5, 5.41) is 0. The minimum Gasteiger partial charge on any atom is -0.346 e. The molecule has 1 aliphatic heterocycles. The number of carbonyl (C=O) groups is 1. The summed E-state index contributed by atoms with van der Waals surface area (Å²) in [4.78, 5) is 13.5. The van der Waals surface area contributed by atoms with Crippen molar-refractivity contribution in [1.29, 1.82) is 0 Å². The predicted octanol–water partition coefficient (Wildman–Crippen LogP) is 2.04. The largest absolute Gasteiger partial charge is 0.346 e. The average Bonchev–Trinajstić information content (AvgIpc) is 2.12. The van der Waals surface area contributed by atoms with Gasteiger partial charge in [-0.05, 0) is 12.8 Å². The molecule has 0 aliphatic carbocycles. The van der Waals surface area contributed by atoms with Gasteiger partial charge in [0.25, 0.3) is 0 Å². The fraction of sp³-hybridized carbons (Fsp3) is 0.900. The second-order valence-corrected chi connectivity index (χ2v) is 3.86. The molecule has 2 nitrogen and oxygen atoms in total. The van der Waals surface area contributed by atoms with Crippen LogP contribution < -0.4 is 0 Å². The lowest BCUT2D eigenvalue weighted by molar-refractivity contribution is -0.133. The van der Waals surface area contributed by atoms with Crippen LogP contribution in [0.25, 0.3) is 0 Å². The van der Waals surface area contributed by atoms with E-state index in [0.717, 1.165) is 13.0 Å². The molecule has 1 fully saturated rings. The number of hydrogen-bond donors (Lipinski definition) is 0. The van der Waals surface area contributed by atoms with Gasteiger partial charge in [-0.1, -0.05) is 26.2 Å². The number of rotatable bonds is 0. The van der Waals surface area contributed by atoms with E-state index in [1.807, 2.05) is 18.9 Å². The molecular weight excluding hydrogens is 150 g/mol. The second-order valence-electron chi connectivity index (χ2n) is 3.86. The van der Waals surface area contributed by atoms with Gasteiger partial charge < -0.3 is 4.90 Å². The second kappa shape index (κ2) is 4.48. The highest BCUT2D eigenvalue weighted by Crippen LogP contribution is 2.15. The molecule has 1 atom stereocenters.